The van der Waals surface area contributed by atoms with E-state index in [1.807, 2.05) is 30.5 Å². The van der Waals surface area contributed by atoms with Crippen LogP contribution in [0.4, 0.5) is 18.9 Å². The van der Waals surface area contributed by atoms with Gasteiger partial charge in [-0.3, -0.25) is 4.79 Å². The van der Waals surface area contributed by atoms with Gasteiger partial charge in [0.05, 0.1) is 41.8 Å². The molecule has 0 N–H and O–H groups in total. The minimum atomic E-state index is -4.43. The maximum atomic E-state index is 13.0. The smallest absolute Gasteiger partial charge is 0.371 e. The summed E-state index contributed by atoms with van der Waals surface area (Å²) in [4.78, 5) is 13.0. The second-order valence-corrected chi connectivity index (χ2v) is 7.61. The lowest BCUT2D eigenvalue weighted by Gasteiger charge is -2.13. The topological polar surface area (TPSA) is 50.1 Å². The van der Waals surface area contributed by atoms with Gasteiger partial charge in [0, 0.05) is 22.7 Å². The fourth-order valence-electron chi connectivity index (χ4n) is 3.74. The molecule has 3 aromatic rings. The SMILES string of the molecule is CC1=NN(c2ccc(C(F)(F)F)cc2)C(=O)/C1=C/c1cn(CC2CO2)c2ccccc12. The van der Waals surface area contributed by atoms with Crippen LogP contribution in [0.3, 0.4) is 0 Å². The van der Waals surface area contributed by atoms with Crippen molar-refractivity contribution in [2.45, 2.75) is 25.7 Å². The van der Waals surface area contributed by atoms with Crippen LogP contribution < -0.4 is 5.01 Å². The van der Waals surface area contributed by atoms with E-state index in [-0.39, 0.29) is 17.7 Å². The van der Waals surface area contributed by atoms with E-state index in [0.29, 0.717) is 11.3 Å². The number of hydrazone groups is 1. The van der Waals surface area contributed by atoms with Crippen molar-refractivity contribution in [3.63, 3.8) is 0 Å². The van der Waals surface area contributed by atoms with Gasteiger partial charge in [-0.25, -0.2) is 0 Å². The number of epoxide rings is 1. The number of anilines is 1. The van der Waals surface area contributed by atoms with Crippen LogP contribution in [0, 0.1) is 0 Å². The van der Waals surface area contributed by atoms with E-state index in [0.717, 1.165) is 46.8 Å². The first-order valence-electron chi connectivity index (χ1n) is 9.80. The molecular weight excluding hydrogens is 407 g/mol. The van der Waals surface area contributed by atoms with Crippen molar-refractivity contribution in [2.24, 2.45) is 5.10 Å². The zero-order valence-corrected chi connectivity index (χ0v) is 16.6. The molecule has 5 nitrogen and oxygen atoms in total. The Morgan fingerprint density at radius 1 is 1.16 bits per heavy atom. The van der Waals surface area contributed by atoms with Crippen molar-refractivity contribution in [2.75, 3.05) is 11.6 Å². The first kappa shape index (κ1) is 19.6. The van der Waals surface area contributed by atoms with Gasteiger partial charge in [-0.05, 0) is 43.3 Å². The lowest BCUT2D eigenvalue weighted by atomic mass is 10.1. The van der Waals surface area contributed by atoms with E-state index in [1.165, 1.54) is 12.1 Å². The molecule has 1 aromatic heterocycles. The van der Waals surface area contributed by atoms with Gasteiger partial charge in [-0.1, -0.05) is 18.2 Å². The molecule has 1 amide bonds. The fraction of sp³-hybridized carbons (Fsp3) is 0.217. The van der Waals surface area contributed by atoms with Crippen LogP contribution in [0.1, 0.15) is 18.1 Å². The Hall–Kier alpha value is -3.39. The maximum absolute atomic E-state index is 13.0. The van der Waals surface area contributed by atoms with E-state index >= 15 is 0 Å². The van der Waals surface area contributed by atoms with Crippen LogP contribution in [0.2, 0.25) is 0 Å². The third kappa shape index (κ3) is 3.63. The van der Waals surface area contributed by atoms with Crippen LogP contribution >= 0.6 is 0 Å². The molecule has 1 fully saturated rings. The Labute approximate surface area is 176 Å². The number of para-hydroxylation sites is 1. The Balaban J connectivity index is 1.48. The van der Waals surface area contributed by atoms with Crippen LogP contribution in [-0.2, 0) is 22.3 Å². The van der Waals surface area contributed by atoms with Crippen molar-refractivity contribution >= 4 is 34.3 Å². The van der Waals surface area contributed by atoms with E-state index in [4.69, 9.17) is 4.74 Å². The average Bonchev–Trinajstić information content (AvgIpc) is 3.44. The normalized spacial score (nSPS) is 20.1. The molecule has 5 rings (SSSR count). The van der Waals surface area contributed by atoms with E-state index in [9.17, 15) is 18.0 Å². The second kappa shape index (κ2) is 7.09. The molecule has 1 atom stereocenters. The van der Waals surface area contributed by atoms with E-state index in [2.05, 4.69) is 9.67 Å². The van der Waals surface area contributed by atoms with Crippen LogP contribution in [0.25, 0.3) is 17.0 Å². The first-order valence-corrected chi connectivity index (χ1v) is 9.80. The summed E-state index contributed by atoms with van der Waals surface area (Å²) in [5.74, 6) is -0.375. The Kier molecular flexibility index (Phi) is 4.48. The molecule has 8 heteroatoms. The Bertz CT molecular complexity index is 1240. The number of hydrogen-bond donors (Lipinski definition) is 0. The molecular formula is C23H18F3N3O2. The molecule has 158 valence electrons. The van der Waals surface area contributed by atoms with Gasteiger partial charge >= 0.3 is 6.18 Å². The molecule has 3 heterocycles. The Morgan fingerprint density at radius 3 is 2.55 bits per heavy atom. The van der Waals surface area contributed by atoms with Gasteiger partial charge in [0.1, 0.15) is 0 Å². The number of carbonyl (C=O) groups is 1. The number of nitrogens with zero attached hydrogens (tertiary/aromatic N) is 3. The number of alkyl halides is 3. The fourth-order valence-corrected chi connectivity index (χ4v) is 3.74. The molecule has 1 unspecified atom stereocenters. The molecule has 2 aromatic carbocycles. The molecule has 0 radical (unpaired) electrons. The van der Waals surface area contributed by atoms with Crippen LogP contribution in [-0.4, -0.2) is 28.9 Å². The number of fused-ring (bicyclic) bond motifs is 1. The van der Waals surface area contributed by atoms with Gasteiger partial charge in [0.25, 0.3) is 5.91 Å². The summed E-state index contributed by atoms with van der Waals surface area (Å²) in [5, 5.41) is 6.42. The predicted molar refractivity (Wildman–Crippen MR) is 112 cm³/mol. The highest BCUT2D eigenvalue weighted by Crippen LogP contribution is 2.33. The summed E-state index contributed by atoms with van der Waals surface area (Å²) < 4.78 is 45.9. The zero-order valence-electron chi connectivity index (χ0n) is 16.6. The summed E-state index contributed by atoms with van der Waals surface area (Å²) >= 11 is 0. The lowest BCUT2D eigenvalue weighted by molar-refractivity contribution is -0.137. The molecule has 0 spiro atoms. The zero-order chi connectivity index (χ0) is 21.8. The highest BCUT2D eigenvalue weighted by molar-refractivity contribution is 6.32. The summed E-state index contributed by atoms with van der Waals surface area (Å²) in [5.41, 5.74) is 2.35. The van der Waals surface area contributed by atoms with Crippen LogP contribution in [0.15, 0.2) is 65.4 Å². The maximum Gasteiger partial charge on any atom is 0.416 e. The van der Waals surface area contributed by atoms with Crippen molar-refractivity contribution < 1.29 is 22.7 Å². The quantitative estimate of drug-likeness (QED) is 0.443. The largest absolute Gasteiger partial charge is 0.416 e. The Morgan fingerprint density at radius 2 is 1.87 bits per heavy atom. The highest BCUT2D eigenvalue weighted by Gasteiger charge is 2.32. The lowest BCUT2D eigenvalue weighted by Crippen LogP contribution is -2.21. The predicted octanol–water partition coefficient (Wildman–Crippen LogP) is 4.87. The van der Waals surface area contributed by atoms with Gasteiger partial charge in [0.15, 0.2) is 0 Å². The molecule has 31 heavy (non-hydrogen) atoms. The van der Waals surface area contributed by atoms with Crippen molar-refractivity contribution in [3.8, 4) is 0 Å². The third-order valence-corrected chi connectivity index (χ3v) is 5.42. The van der Waals surface area contributed by atoms with Crippen LogP contribution in [0.5, 0.6) is 0 Å². The summed E-state index contributed by atoms with van der Waals surface area (Å²) in [6, 6.07) is 12.3. The number of ether oxygens (including phenoxy) is 1. The standard InChI is InChI=1S/C23H18F3N3O2/c1-14-20(22(30)29(27-14)17-8-6-16(7-9-17)23(24,25)26)10-15-11-28(12-18-13-31-18)21-5-3-2-4-19(15)21/h2-11,18H,12-13H2,1H3/b20-10+. The van der Waals surface area contributed by atoms with Gasteiger partial charge < -0.3 is 9.30 Å². The second-order valence-electron chi connectivity index (χ2n) is 7.61. The minimum Gasteiger partial charge on any atom is -0.371 e. The van der Waals surface area contributed by atoms with E-state index in [1.54, 1.807) is 13.0 Å². The summed E-state index contributed by atoms with van der Waals surface area (Å²) in [7, 11) is 0. The number of halogens is 3. The van der Waals surface area contributed by atoms with Crippen molar-refractivity contribution in [1.29, 1.82) is 0 Å². The number of carbonyl (C=O) groups excluding carboxylic acids is 1. The summed E-state index contributed by atoms with van der Waals surface area (Å²) in [6.45, 7) is 3.20. The first-order chi connectivity index (χ1) is 14.8. The molecule has 1 saturated heterocycles. The number of aromatic nitrogens is 1. The molecule has 0 aliphatic carbocycles. The van der Waals surface area contributed by atoms with Crippen molar-refractivity contribution in [3.05, 3.63) is 71.4 Å². The molecule has 2 aliphatic rings. The number of benzene rings is 2. The van der Waals surface area contributed by atoms with Gasteiger partial charge in [-0.2, -0.15) is 23.3 Å². The van der Waals surface area contributed by atoms with Crippen molar-refractivity contribution in [1.82, 2.24) is 4.57 Å². The van der Waals surface area contributed by atoms with Gasteiger partial charge in [-0.15, -0.1) is 0 Å². The number of hydrogen-bond acceptors (Lipinski definition) is 3. The molecule has 0 bridgehead atoms. The number of amides is 1. The highest BCUT2D eigenvalue weighted by atomic mass is 19.4. The van der Waals surface area contributed by atoms with Gasteiger partial charge in [0.2, 0.25) is 0 Å². The number of rotatable bonds is 4. The monoisotopic (exact) mass is 425 g/mol. The molecule has 2 aliphatic heterocycles. The minimum absolute atomic E-state index is 0.211. The summed E-state index contributed by atoms with van der Waals surface area (Å²) in [6.07, 6.45) is -0.446. The van der Waals surface area contributed by atoms with E-state index < -0.39 is 11.7 Å². The third-order valence-electron chi connectivity index (χ3n) is 5.42. The molecule has 0 saturated carbocycles. The average molecular weight is 425 g/mol.